The molecule has 6 heteroatoms. The van der Waals surface area contributed by atoms with Crippen molar-refractivity contribution in [3.63, 3.8) is 0 Å². The van der Waals surface area contributed by atoms with Crippen molar-refractivity contribution in [1.29, 1.82) is 0 Å². The summed E-state index contributed by atoms with van der Waals surface area (Å²) in [5.41, 5.74) is 6.49. The zero-order chi connectivity index (χ0) is 20.9. The molecule has 4 rings (SSSR count). The smallest absolute Gasteiger partial charge is 0.251 e. The maximum atomic E-state index is 13.1. The van der Waals surface area contributed by atoms with Crippen LogP contribution >= 0.6 is 0 Å². The predicted octanol–water partition coefficient (Wildman–Crippen LogP) is 4.79. The van der Waals surface area contributed by atoms with Crippen LogP contribution in [-0.4, -0.2) is 25.5 Å². The summed E-state index contributed by atoms with van der Waals surface area (Å²) in [6.07, 6.45) is 1.24. The average Bonchev–Trinajstić information content (AvgIpc) is 2.94. The lowest BCUT2D eigenvalue weighted by Gasteiger charge is -2.28. The maximum Gasteiger partial charge on any atom is 0.251 e. The fourth-order valence-corrected chi connectivity index (χ4v) is 3.96. The number of ketones is 1. The summed E-state index contributed by atoms with van der Waals surface area (Å²) in [6, 6.07) is 8.09. The predicted molar refractivity (Wildman–Crippen MR) is 114 cm³/mol. The first-order chi connectivity index (χ1) is 13.6. The van der Waals surface area contributed by atoms with E-state index in [4.69, 9.17) is 5.10 Å². The van der Waals surface area contributed by atoms with Crippen LogP contribution in [-0.2, 0) is 6.42 Å². The van der Waals surface area contributed by atoms with E-state index < -0.39 is 0 Å². The molecule has 2 heterocycles. The van der Waals surface area contributed by atoms with Gasteiger partial charge in [-0.2, -0.15) is 0 Å². The van der Waals surface area contributed by atoms with Gasteiger partial charge in [-0.25, -0.2) is 14.6 Å². The molecule has 0 unspecified atom stereocenters. The van der Waals surface area contributed by atoms with Crippen molar-refractivity contribution in [1.82, 2.24) is 19.7 Å². The number of rotatable bonds is 3. The molecule has 0 saturated carbocycles. The number of hydrogen-bond acceptors (Lipinski definition) is 5. The fraction of sp³-hybridized carbons (Fsp3) is 0.391. The summed E-state index contributed by atoms with van der Waals surface area (Å²) < 4.78 is 1.75. The number of nitrogens with zero attached hydrogens (tertiary/aromatic N) is 4. The molecular weight excluding hydrogens is 362 g/mol. The van der Waals surface area contributed by atoms with E-state index in [1.54, 1.807) is 4.68 Å². The Morgan fingerprint density at radius 1 is 0.966 bits per heavy atom. The quantitative estimate of drug-likeness (QED) is 0.697. The molecule has 29 heavy (non-hydrogen) atoms. The van der Waals surface area contributed by atoms with Crippen LogP contribution in [0.2, 0.25) is 0 Å². The molecule has 0 bridgehead atoms. The standard InChI is InChI=1S/C23H27N5O/c1-13-7-8-17(9-14(13)2)26-21-20-18(11-23(5,6)12-19(20)29)28(27-21)22-24-15(3)10-16(4)25-22/h7-10H,11-12H2,1-6H3,(H,26,27). The Hall–Kier alpha value is -3.02. The minimum atomic E-state index is -0.127. The van der Waals surface area contributed by atoms with Crippen LogP contribution < -0.4 is 5.32 Å². The summed E-state index contributed by atoms with van der Waals surface area (Å²) in [5.74, 6) is 1.20. The third-order valence-electron chi connectivity index (χ3n) is 5.47. The first-order valence-electron chi connectivity index (χ1n) is 9.95. The van der Waals surface area contributed by atoms with E-state index in [-0.39, 0.29) is 11.2 Å². The number of Topliss-reactive ketones (excluding diaryl/α,β-unsaturated/α-hetero) is 1. The summed E-state index contributed by atoms with van der Waals surface area (Å²) in [5, 5.41) is 8.14. The van der Waals surface area contributed by atoms with Crippen molar-refractivity contribution in [2.75, 3.05) is 5.32 Å². The largest absolute Gasteiger partial charge is 0.338 e. The van der Waals surface area contributed by atoms with Gasteiger partial charge in [-0.3, -0.25) is 4.79 Å². The van der Waals surface area contributed by atoms with E-state index in [2.05, 4.69) is 55.1 Å². The van der Waals surface area contributed by atoms with Crippen LogP contribution in [0.5, 0.6) is 0 Å². The van der Waals surface area contributed by atoms with Crippen LogP contribution in [0, 0.1) is 33.1 Å². The minimum Gasteiger partial charge on any atom is -0.338 e. The zero-order valence-corrected chi connectivity index (χ0v) is 17.9. The number of benzene rings is 1. The maximum absolute atomic E-state index is 13.1. The van der Waals surface area contributed by atoms with E-state index in [0.717, 1.165) is 29.2 Å². The third kappa shape index (κ3) is 3.67. The van der Waals surface area contributed by atoms with Crippen LogP contribution in [0.1, 0.15) is 58.8 Å². The van der Waals surface area contributed by atoms with Crippen molar-refractivity contribution in [2.45, 2.75) is 54.4 Å². The lowest BCUT2D eigenvalue weighted by atomic mass is 9.76. The second-order valence-electron chi connectivity index (χ2n) is 8.90. The van der Waals surface area contributed by atoms with Crippen molar-refractivity contribution in [3.8, 4) is 5.95 Å². The minimum absolute atomic E-state index is 0.109. The Morgan fingerprint density at radius 2 is 1.66 bits per heavy atom. The van der Waals surface area contributed by atoms with Crippen molar-refractivity contribution in [3.05, 3.63) is 58.0 Å². The van der Waals surface area contributed by atoms with Crippen LogP contribution in [0.15, 0.2) is 24.3 Å². The first kappa shape index (κ1) is 19.3. The Kier molecular flexibility index (Phi) is 4.52. The molecule has 150 valence electrons. The topological polar surface area (TPSA) is 72.7 Å². The van der Waals surface area contributed by atoms with Gasteiger partial charge in [-0.15, -0.1) is 5.10 Å². The van der Waals surface area contributed by atoms with E-state index in [1.807, 2.05) is 26.0 Å². The Bertz CT molecular complexity index is 1110. The zero-order valence-electron chi connectivity index (χ0n) is 17.9. The average molecular weight is 390 g/mol. The molecule has 0 fully saturated rings. The highest BCUT2D eigenvalue weighted by Gasteiger charge is 2.37. The highest BCUT2D eigenvalue weighted by molar-refractivity contribution is 6.03. The second-order valence-corrected chi connectivity index (χ2v) is 8.90. The summed E-state index contributed by atoms with van der Waals surface area (Å²) in [4.78, 5) is 22.2. The van der Waals surface area contributed by atoms with Crippen LogP contribution in [0.4, 0.5) is 11.5 Å². The number of hydrogen-bond donors (Lipinski definition) is 1. The number of nitrogens with one attached hydrogen (secondary N) is 1. The molecule has 0 saturated heterocycles. The highest BCUT2D eigenvalue weighted by Crippen LogP contribution is 2.39. The Morgan fingerprint density at radius 3 is 2.31 bits per heavy atom. The SMILES string of the molecule is Cc1cc(C)nc(-n2nc(Nc3ccc(C)c(C)c3)c3c2CC(C)(C)CC3=O)n1. The third-order valence-corrected chi connectivity index (χ3v) is 5.47. The summed E-state index contributed by atoms with van der Waals surface area (Å²) in [7, 11) is 0. The van der Waals surface area contributed by atoms with E-state index in [1.165, 1.54) is 11.1 Å². The fourth-order valence-electron chi connectivity index (χ4n) is 3.96. The molecule has 1 aromatic carbocycles. The molecule has 0 spiro atoms. The molecule has 0 aliphatic heterocycles. The normalized spacial score (nSPS) is 15.3. The van der Waals surface area contributed by atoms with Gasteiger partial charge >= 0.3 is 0 Å². The van der Waals surface area contributed by atoms with Gasteiger partial charge in [0.1, 0.15) is 0 Å². The number of carbonyl (C=O) groups is 1. The lowest BCUT2D eigenvalue weighted by molar-refractivity contribution is 0.0911. The number of carbonyl (C=O) groups excluding carboxylic acids is 1. The highest BCUT2D eigenvalue weighted by atomic mass is 16.1. The summed E-state index contributed by atoms with van der Waals surface area (Å²) >= 11 is 0. The van der Waals surface area contributed by atoms with Gasteiger partial charge in [0.15, 0.2) is 11.6 Å². The molecule has 1 aliphatic carbocycles. The van der Waals surface area contributed by atoms with E-state index in [0.29, 0.717) is 23.8 Å². The summed E-state index contributed by atoms with van der Waals surface area (Å²) in [6.45, 7) is 12.3. The van der Waals surface area contributed by atoms with Gasteiger partial charge in [0, 0.05) is 23.5 Å². The molecule has 0 atom stereocenters. The Balaban J connectivity index is 1.87. The van der Waals surface area contributed by atoms with Crippen LogP contribution in [0.25, 0.3) is 5.95 Å². The van der Waals surface area contributed by atoms with E-state index >= 15 is 0 Å². The van der Waals surface area contributed by atoms with Crippen molar-refractivity contribution in [2.24, 2.45) is 5.41 Å². The van der Waals surface area contributed by atoms with Gasteiger partial charge in [-0.1, -0.05) is 19.9 Å². The molecule has 6 nitrogen and oxygen atoms in total. The second kappa shape index (κ2) is 6.79. The van der Waals surface area contributed by atoms with Gasteiger partial charge in [0.2, 0.25) is 0 Å². The molecule has 0 amide bonds. The molecule has 3 aromatic rings. The van der Waals surface area contributed by atoms with E-state index in [9.17, 15) is 4.79 Å². The van der Waals surface area contributed by atoms with Crippen molar-refractivity contribution >= 4 is 17.3 Å². The number of aromatic nitrogens is 4. The number of aryl methyl sites for hydroxylation is 4. The molecule has 0 radical (unpaired) electrons. The van der Waals surface area contributed by atoms with Gasteiger partial charge in [0.25, 0.3) is 5.95 Å². The monoisotopic (exact) mass is 389 g/mol. The first-order valence-corrected chi connectivity index (χ1v) is 9.95. The molecular formula is C23H27N5O. The van der Waals surface area contributed by atoms with Crippen molar-refractivity contribution < 1.29 is 4.79 Å². The Labute approximate surface area is 171 Å². The van der Waals surface area contributed by atoms with Crippen LogP contribution in [0.3, 0.4) is 0 Å². The number of anilines is 2. The van der Waals surface area contributed by atoms with Gasteiger partial charge in [-0.05, 0) is 68.9 Å². The van der Waals surface area contributed by atoms with Gasteiger partial charge in [0.05, 0.1) is 11.3 Å². The molecule has 1 N–H and O–H groups in total. The number of fused-ring (bicyclic) bond motifs is 1. The lowest BCUT2D eigenvalue weighted by Crippen LogP contribution is -2.28. The molecule has 2 aromatic heterocycles. The molecule has 1 aliphatic rings. The van der Waals surface area contributed by atoms with Gasteiger partial charge < -0.3 is 5.32 Å².